The Morgan fingerprint density at radius 2 is 1.72 bits per heavy atom. The summed E-state index contributed by atoms with van der Waals surface area (Å²) in [6, 6.07) is 9.99. The molecule has 2 aromatic rings. The van der Waals surface area contributed by atoms with Gasteiger partial charge in [0.05, 0.1) is 0 Å². The van der Waals surface area contributed by atoms with Crippen LogP contribution in [0.5, 0.6) is 0 Å². The fourth-order valence-corrected chi connectivity index (χ4v) is 3.42. The van der Waals surface area contributed by atoms with Gasteiger partial charge in [-0.1, -0.05) is 12.1 Å². The van der Waals surface area contributed by atoms with E-state index in [1.165, 1.54) is 12.1 Å². The van der Waals surface area contributed by atoms with Crippen LogP contribution in [0.2, 0.25) is 0 Å². The molecule has 0 radical (unpaired) electrons. The molecule has 2 aromatic carbocycles. The number of hydrogen-bond acceptors (Lipinski definition) is 3. The average Bonchev–Trinajstić information content (AvgIpc) is 2.65. The summed E-state index contributed by atoms with van der Waals surface area (Å²) in [5, 5.41) is 6.50. The van der Waals surface area contributed by atoms with Crippen molar-refractivity contribution in [3.8, 4) is 0 Å². The molecule has 0 aliphatic heterocycles. The molecule has 0 aliphatic carbocycles. The van der Waals surface area contributed by atoms with E-state index in [4.69, 9.17) is 0 Å². The van der Waals surface area contributed by atoms with Crippen molar-refractivity contribution in [3.05, 3.63) is 70.3 Å². The molecule has 2 rings (SSSR count). The third-order valence-electron chi connectivity index (χ3n) is 4.19. The lowest BCUT2D eigenvalue weighted by Crippen LogP contribution is -2.36. The van der Waals surface area contributed by atoms with Crippen LogP contribution in [0.1, 0.15) is 22.3 Å². The van der Waals surface area contributed by atoms with E-state index in [-0.39, 0.29) is 35.6 Å². The number of aliphatic imine (C=N–C) groups is 1. The normalized spacial score (nSPS) is 11.3. The number of guanidine groups is 1. The van der Waals surface area contributed by atoms with Gasteiger partial charge in [-0.2, -0.15) is 11.8 Å². The second-order valence-corrected chi connectivity index (χ2v) is 7.65. The molecule has 0 saturated carbocycles. The fourth-order valence-electron chi connectivity index (χ4n) is 2.84. The zero-order chi connectivity index (χ0) is 20.5. The molecule has 0 heterocycles. The fraction of sp³-hybridized carbons (Fsp3) is 0.381. The Morgan fingerprint density at radius 1 is 1.00 bits per heavy atom. The summed E-state index contributed by atoms with van der Waals surface area (Å²) in [4.78, 5) is 6.17. The number of halogens is 3. The van der Waals surface area contributed by atoms with Crippen molar-refractivity contribution in [3.63, 3.8) is 0 Å². The zero-order valence-corrected chi connectivity index (χ0v) is 20.4. The van der Waals surface area contributed by atoms with Crippen molar-refractivity contribution in [2.75, 3.05) is 27.4 Å². The maximum atomic E-state index is 13.9. The van der Waals surface area contributed by atoms with E-state index in [0.29, 0.717) is 31.2 Å². The highest BCUT2D eigenvalue weighted by Gasteiger charge is 2.08. The van der Waals surface area contributed by atoms with Crippen LogP contribution >= 0.6 is 35.7 Å². The summed E-state index contributed by atoms with van der Waals surface area (Å²) in [7, 11) is 5.53. The topological polar surface area (TPSA) is 39.7 Å². The van der Waals surface area contributed by atoms with Crippen molar-refractivity contribution in [2.45, 2.75) is 25.4 Å². The van der Waals surface area contributed by atoms with Gasteiger partial charge < -0.3 is 15.5 Å². The van der Waals surface area contributed by atoms with Gasteiger partial charge in [-0.15, -0.1) is 24.0 Å². The smallest absolute Gasteiger partial charge is 0.191 e. The van der Waals surface area contributed by atoms with E-state index in [1.807, 2.05) is 31.3 Å². The Bertz CT molecular complexity index is 815. The van der Waals surface area contributed by atoms with Crippen molar-refractivity contribution in [1.29, 1.82) is 0 Å². The third-order valence-corrected chi connectivity index (χ3v) is 4.79. The van der Waals surface area contributed by atoms with Gasteiger partial charge in [0.25, 0.3) is 0 Å². The van der Waals surface area contributed by atoms with Gasteiger partial charge in [0, 0.05) is 38.0 Å². The lowest BCUT2D eigenvalue weighted by Gasteiger charge is -2.15. The van der Waals surface area contributed by atoms with Gasteiger partial charge in [-0.25, -0.2) is 8.78 Å². The molecule has 0 amide bonds. The summed E-state index contributed by atoms with van der Waals surface area (Å²) in [5.74, 6) is 0.973. The molecule has 8 heteroatoms. The molecular weight excluding hydrogens is 505 g/mol. The SMILES string of the molecule is CN=C(NCc1ccc(F)c(CN(C)C)c1)NCc1ccc(F)cc1CSC.I. The van der Waals surface area contributed by atoms with Gasteiger partial charge in [0.2, 0.25) is 0 Å². The minimum absolute atomic E-state index is 0. The molecule has 0 aromatic heterocycles. The van der Waals surface area contributed by atoms with Gasteiger partial charge in [-0.05, 0) is 61.3 Å². The summed E-state index contributed by atoms with van der Waals surface area (Å²) in [6.45, 7) is 1.63. The van der Waals surface area contributed by atoms with E-state index < -0.39 is 0 Å². The van der Waals surface area contributed by atoms with Crippen LogP contribution < -0.4 is 10.6 Å². The maximum Gasteiger partial charge on any atom is 0.191 e. The Labute approximate surface area is 193 Å². The van der Waals surface area contributed by atoms with E-state index in [0.717, 1.165) is 22.4 Å². The quantitative estimate of drug-likeness (QED) is 0.300. The van der Waals surface area contributed by atoms with Gasteiger partial charge in [0.15, 0.2) is 5.96 Å². The second kappa shape index (κ2) is 13.0. The van der Waals surface area contributed by atoms with Crippen LogP contribution in [0.15, 0.2) is 41.4 Å². The summed E-state index contributed by atoms with van der Waals surface area (Å²) < 4.78 is 27.4. The predicted octanol–water partition coefficient (Wildman–Crippen LogP) is 4.37. The molecular formula is C21H29F2IN4S. The Balaban J connectivity index is 0.00000420. The standard InChI is InChI=1S/C21H28F2N4S.HI/c1-24-21(26-12-16-6-7-19(22)10-18(16)14-28-4)25-11-15-5-8-20(23)17(9-15)13-27(2)3;/h5-10H,11-14H2,1-4H3,(H2,24,25,26);1H. The van der Waals surface area contributed by atoms with Crippen LogP contribution in [0, 0.1) is 11.6 Å². The number of nitrogens with one attached hydrogen (secondary N) is 2. The van der Waals surface area contributed by atoms with Gasteiger partial charge in [0.1, 0.15) is 11.6 Å². The first kappa shape index (κ1) is 25.6. The van der Waals surface area contributed by atoms with Crippen molar-refractivity contribution in [1.82, 2.24) is 15.5 Å². The number of hydrogen-bond donors (Lipinski definition) is 2. The average molecular weight is 534 g/mol. The molecule has 0 aliphatic rings. The second-order valence-electron chi connectivity index (χ2n) is 6.79. The van der Waals surface area contributed by atoms with Crippen LogP contribution in [0.4, 0.5) is 8.78 Å². The molecule has 4 nitrogen and oxygen atoms in total. The molecule has 160 valence electrons. The van der Waals surface area contributed by atoms with E-state index in [9.17, 15) is 8.78 Å². The minimum Gasteiger partial charge on any atom is -0.352 e. The van der Waals surface area contributed by atoms with E-state index in [2.05, 4.69) is 15.6 Å². The molecule has 0 unspecified atom stereocenters. The highest BCUT2D eigenvalue weighted by molar-refractivity contribution is 14.0. The molecule has 0 fully saturated rings. The minimum atomic E-state index is -0.222. The Hall–Kier alpha value is -1.39. The van der Waals surface area contributed by atoms with E-state index in [1.54, 1.807) is 37.0 Å². The van der Waals surface area contributed by atoms with Crippen LogP contribution in [-0.2, 0) is 25.4 Å². The Morgan fingerprint density at radius 3 is 2.38 bits per heavy atom. The molecule has 0 saturated heterocycles. The highest BCUT2D eigenvalue weighted by Crippen LogP contribution is 2.17. The third kappa shape index (κ3) is 8.47. The van der Waals surface area contributed by atoms with Crippen LogP contribution in [-0.4, -0.2) is 38.3 Å². The first-order valence-corrected chi connectivity index (χ1v) is 10.4. The number of benzene rings is 2. The molecule has 0 spiro atoms. The molecule has 0 bridgehead atoms. The van der Waals surface area contributed by atoms with Crippen molar-refractivity contribution < 1.29 is 8.78 Å². The van der Waals surface area contributed by atoms with Crippen LogP contribution in [0.3, 0.4) is 0 Å². The first-order chi connectivity index (χ1) is 13.4. The first-order valence-electron chi connectivity index (χ1n) is 9.05. The maximum absolute atomic E-state index is 13.9. The predicted molar refractivity (Wildman–Crippen MR) is 130 cm³/mol. The largest absolute Gasteiger partial charge is 0.352 e. The molecule has 0 atom stereocenters. The molecule has 2 N–H and O–H groups in total. The van der Waals surface area contributed by atoms with Gasteiger partial charge >= 0.3 is 0 Å². The van der Waals surface area contributed by atoms with Crippen molar-refractivity contribution >= 4 is 41.7 Å². The highest BCUT2D eigenvalue weighted by atomic mass is 127. The summed E-state index contributed by atoms with van der Waals surface area (Å²) in [6.07, 6.45) is 2.00. The molecule has 29 heavy (non-hydrogen) atoms. The van der Waals surface area contributed by atoms with E-state index >= 15 is 0 Å². The number of thioether (sulfide) groups is 1. The summed E-state index contributed by atoms with van der Waals surface area (Å²) >= 11 is 1.66. The zero-order valence-electron chi connectivity index (χ0n) is 17.3. The summed E-state index contributed by atoms with van der Waals surface area (Å²) in [5.41, 5.74) is 3.65. The Kier molecular flexibility index (Phi) is 11.5. The van der Waals surface area contributed by atoms with Gasteiger partial charge in [-0.3, -0.25) is 4.99 Å². The lowest BCUT2D eigenvalue weighted by molar-refractivity contribution is 0.392. The number of rotatable bonds is 8. The lowest BCUT2D eigenvalue weighted by atomic mass is 10.1. The van der Waals surface area contributed by atoms with Crippen LogP contribution in [0.25, 0.3) is 0 Å². The number of nitrogens with zero attached hydrogens (tertiary/aromatic N) is 2. The van der Waals surface area contributed by atoms with Crippen molar-refractivity contribution in [2.24, 2.45) is 4.99 Å². The monoisotopic (exact) mass is 534 g/mol.